The summed E-state index contributed by atoms with van der Waals surface area (Å²) < 4.78 is 1.94. The zero-order chi connectivity index (χ0) is 16.8. The Labute approximate surface area is 133 Å². The van der Waals surface area contributed by atoms with Gasteiger partial charge in [0.05, 0.1) is 0 Å². The van der Waals surface area contributed by atoms with E-state index in [1.807, 2.05) is 41.1 Å². The molecule has 0 aliphatic rings. The Morgan fingerprint density at radius 3 is 2.61 bits per heavy atom. The number of hydrogen-bond donors (Lipinski definition) is 3. The van der Waals surface area contributed by atoms with Crippen LogP contribution in [-0.4, -0.2) is 33.5 Å². The number of hydrogen-bond acceptors (Lipinski definition) is 3. The van der Waals surface area contributed by atoms with E-state index >= 15 is 0 Å². The van der Waals surface area contributed by atoms with Crippen LogP contribution in [0.25, 0.3) is 10.9 Å². The molecule has 0 fully saturated rings. The van der Waals surface area contributed by atoms with Gasteiger partial charge in [-0.1, -0.05) is 18.2 Å². The molecule has 0 radical (unpaired) electrons. The molecule has 0 saturated heterocycles. The van der Waals surface area contributed by atoms with Gasteiger partial charge >= 0.3 is 5.97 Å². The van der Waals surface area contributed by atoms with Crippen molar-refractivity contribution in [3.8, 4) is 0 Å². The molecule has 1 unspecified atom stereocenters. The number of para-hydroxylation sites is 1. The van der Waals surface area contributed by atoms with Gasteiger partial charge in [0.2, 0.25) is 11.8 Å². The van der Waals surface area contributed by atoms with Crippen molar-refractivity contribution >= 4 is 28.7 Å². The quantitative estimate of drug-likeness (QED) is 0.670. The van der Waals surface area contributed by atoms with Crippen LogP contribution in [0.5, 0.6) is 0 Å². The number of aryl methyl sites for hydroxylation is 1. The number of aromatic nitrogens is 1. The average molecular weight is 317 g/mol. The number of fused-ring (bicyclic) bond motifs is 1. The molecule has 0 bridgehead atoms. The summed E-state index contributed by atoms with van der Waals surface area (Å²) in [4.78, 5) is 33.7. The molecule has 2 rings (SSSR count). The van der Waals surface area contributed by atoms with Crippen molar-refractivity contribution < 1.29 is 19.5 Å². The molecule has 2 aromatic rings. The predicted molar refractivity (Wildman–Crippen MR) is 84.5 cm³/mol. The number of aliphatic carboxylic acids is 1. The van der Waals surface area contributed by atoms with E-state index in [4.69, 9.17) is 10.8 Å². The highest BCUT2D eigenvalue weighted by Crippen LogP contribution is 2.15. The number of carbonyl (C=O) groups is 3. The summed E-state index contributed by atoms with van der Waals surface area (Å²) in [6, 6.07) is 8.66. The van der Waals surface area contributed by atoms with Crippen LogP contribution in [0.2, 0.25) is 0 Å². The highest BCUT2D eigenvalue weighted by molar-refractivity contribution is 5.84. The lowest BCUT2D eigenvalue weighted by Gasteiger charge is -2.14. The van der Waals surface area contributed by atoms with Crippen molar-refractivity contribution in [2.45, 2.75) is 31.8 Å². The largest absolute Gasteiger partial charge is 0.480 e. The fourth-order valence-corrected chi connectivity index (χ4v) is 2.37. The molecule has 23 heavy (non-hydrogen) atoms. The Morgan fingerprint density at radius 2 is 1.91 bits per heavy atom. The number of benzene rings is 1. The third-order valence-electron chi connectivity index (χ3n) is 3.57. The van der Waals surface area contributed by atoms with Crippen LogP contribution in [-0.2, 0) is 20.9 Å². The first-order chi connectivity index (χ1) is 11.0. The number of carboxylic acids is 1. The monoisotopic (exact) mass is 317 g/mol. The van der Waals surface area contributed by atoms with Gasteiger partial charge in [0.15, 0.2) is 0 Å². The van der Waals surface area contributed by atoms with Gasteiger partial charge < -0.3 is 20.7 Å². The molecule has 0 spiro atoms. The van der Waals surface area contributed by atoms with E-state index in [1.165, 1.54) is 0 Å². The fraction of sp³-hybridized carbons (Fsp3) is 0.312. The third kappa shape index (κ3) is 4.57. The number of rotatable bonds is 8. The molecular formula is C16H19N3O4. The summed E-state index contributed by atoms with van der Waals surface area (Å²) in [6.07, 6.45) is 1.95. The first kappa shape index (κ1) is 16.5. The minimum absolute atomic E-state index is 0.0111. The van der Waals surface area contributed by atoms with E-state index in [9.17, 15) is 14.4 Å². The second-order valence-electron chi connectivity index (χ2n) is 5.28. The van der Waals surface area contributed by atoms with Gasteiger partial charge in [-0.2, -0.15) is 0 Å². The summed E-state index contributed by atoms with van der Waals surface area (Å²) in [7, 11) is 0. The average Bonchev–Trinajstić information content (AvgIpc) is 2.92. The lowest BCUT2D eigenvalue weighted by molar-refractivity contribution is -0.142. The fourth-order valence-electron chi connectivity index (χ4n) is 2.37. The molecule has 1 atom stereocenters. The lowest BCUT2D eigenvalue weighted by Crippen LogP contribution is -2.41. The van der Waals surface area contributed by atoms with Crippen LogP contribution < -0.4 is 11.1 Å². The first-order valence-corrected chi connectivity index (χ1v) is 7.31. The lowest BCUT2D eigenvalue weighted by atomic mass is 10.1. The van der Waals surface area contributed by atoms with Crippen molar-refractivity contribution in [3.63, 3.8) is 0 Å². The Balaban J connectivity index is 1.90. The Kier molecular flexibility index (Phi) is 5.35. The van der Waals surface area contributed by atoms with Crippen LogP contribution in [0.15, 0.2) is 36.5 Å². The number of primary amides is 1. The second kappa shape index (κ2) is 7.44. The van der Waals surface area contributed by atoms with Gasteiger partial charge in [-0.25, -0.2) is 4.79 Å². The van der Waals surface area contributed by atoms with Crippen LogP contribution in [0.1, 0.15) is 19.3 Å². The molecule has 4 N–H and O–H groups in total. The molecule has 2 amide bonds. The number of carboxylic acid groups (broad SMARTS) is 1. The Morgan fingerprint density at radius 1 is 1.17 bits per heavy atom. The standard InChI is InChI=1S/C16H19N3O4/c17-14(20)6-5-12(16(22)23)18-15(21)8-10-19-9-7-11-3-1-2-4-13(11)19/h1-4,7,9,12H,5-6,8,10H2,(H2,17,20)(H,18,21)(H,22,23). The highest BCUT2D eigenvalue weighted by Gasteiger charge is 2.20. The molecule has 122 valence electrons. The summed E-state index contributed by atoms with van der Waals surface area (Å²) in [6.45, 7) is 0.446. The predicted octanol–water partition coefficient (Wildman–Crippen LogP) is 0.866. The second-order valence-corrected chi connectivity index (χ2v) is 5.28. The third-order valence-corrected chi connectivity index (χ3v) is 3.57. The molecular weight excluding hydrogens is 298 g/mol. The van der Waals surface area contributed by atoms with Crippen LogP contribution in [0.4, 0.5) is 0 Å². The van der Waals surface area contributed by atoms with E-state index in [1.54, 1.807) is 0 Å². The number of nitrogens with zero attached hydrogens (tertiary/aromatic N) is 1. The zero-order valence-electron chi connectivity index (χ0n) is 12.6. The minimum atomic E-state index is -1.17. The summed E-state index contributed by atoms with van der Waals surface area (Å²) in [5.74, 6) is -2.14. The van der Waals surface area contributed by atoms with Crippen LogP contribution in [0.3, 0.4) is 0 Å². The minimum Gasteiger partial charge on any atom is -0.480 e. The van der Waals surface area contributed by atoms with Crippen LogP contribution >= 0.6 is 0 Å². The summed E-state index contributed by atoms with van der Waals surface area (Å²) in [5, 5.41) is 12.6. The van der Waals surface area contributed by atoms with Crippen molar-refractivity contribution in [2.75, 3.05) is 0 Å². The molecule has 0 aliphatic carbocycles. The highest BCUT2D eigenvalue weighted by atomic mass is 16.4. The maximum Gasteiger partial charge on any atom is 0.326 e. The van der Waals surface area contributed by atoms with E-state index in [0.717, 1.165) is 10.9 Å². The van der Waals surface area contributed by atoms with Crippen molar-refractivity contribution in [3.05, 3.63) is 36.5 Å². The van der Waals surface area contributed by atoms with Crippen LogP contribution in [0, 0.1) is 0 Å². The molecule has 0 aliphatic heterocycles. The smallest absolute Gasteiger partial charge is 0.326 e. The van der Waals surface area contributed by atoms with Crippen molar-refractivity contribution in [1.29, 1.82) is 0 Å². The van der Waals surface area contributed by atoms with Gasteiger partial charge in [0.25, 0.3) is 0 Å². The van der Waals surface area contributed by atoms with E-state index in [0.29, 0.717) is 6.54 Å². The normalized spacial score (nSPS) is 12.0. The Hall–Kier alpha value is -2.83. The number of nitrogens with one attached hydrogen (secondary N) is 1. The molecule has 1 heterocycles. The van der Waals surface area contributed by atoms with Gasteiger partial charge in [0, 0.05) is 31.1 Å². The van der Waals surface area contributed by atoms with E-state index in [2.05, 4.69) is 5.32 Å². The van der Waals surface area contributed by atoms with Gasteiger partial charge in [-0.3, -0.25) is 9.59 Å². The zero-order valence-corrected chi connectivity index (χ0v) is 12.6. The van der Waals surface area contributed by atoms with Crippen molar-refractivity contribution in [1.82, 2.24) is 9.88 Å². The first-order valence-electron chi connectivity index (χ1n) is 7.31. The molecule has 7 nitrogen and oxygen atoms in total. The number of carbonyl (C=O) groups excluding carboxylic acids is 2. The summed E-state index contributed by atoms with van der Waals surface area (Å²) in [5.41, 5.74) is 6.02. The maximum atomic E-state index is 11.9. The SMILES string of the molecule is NC(=O)CCC(NC(=O)CCn1ccc2ccccc21)C(=O)O. The van der Waals surface area contributed by atoms with Gasteiger partial charge in [-0.15, -0.1) is 0 Å². The van der Waals surface area contributed by atoms with Crippen molar-refractivity contribution in [2.24, 2.45) is 5.73 Å². The molecule has 7 heteroatoms. The topological polar surface area (TPSA) is 114 Å². The van der Waals surface area contributed by atoms with Gasteiger partial charge in [0.1, 0.15) is 6.04 Å². The Bertz CT molecular complexity index is 723. The molecule has 0 saturated carbocycles. The maximum absolute atomic E-state index is 11.9. The van der Waals surface area contributed by atoms with E-state index < -0.39 is 17.9 Å². The molecule has 1 aromatic carbocycles. The number of nitrogens with two attached hydrogens (primary N) is 1. The van der Waals surface area contributed by atoms with Gasteiger partial charge in [-0.05, 0) is 23.9 Å². The summed E-state index contributed by atoms with van der Waals surface area (Å²) >= 11 is 0. The molecule has 1 aromatic heterocycles. The number of amides is 2. The van der Waals surface area contributed by atoms with E-state index in [-0.39, 0.29) is 25.2 Å².